The number of fused-ring (bicyclic) bond motifs is 4. The SMILES string of the molecule is O=C([NH+]=C1CN2CCC1CC2)c1cc2ccc(Br)cc2o1. The highest BCUT2D eigenvalue weighted by atomic mass is 79.9. The molecule has 1 amide bonds. The third kappa shape index (κ3) is 2.45. The van der Waals surface area contributed by atoms with Gasteiger partial charge in [-0.3, -0.25) is 4.90 Å². The fraction of sp³-hybridized carbons (Fsp3) is 0.375. The third-order valence-electron chi connectivity index (χ3n) is 4.45. The zero-order chi connectivity index (χ0) is 14.4. The highest BCUT2D eigenvalue weighted by Crippen LogP contribution is 2.24. The maximum Gasteiger partial charge on any atom is 0.453 e. The summed E-state index contributed by atoms with van der Waals surface area (Å²) in [6, 6.07) is 7.58. The van der Waals surface area contributed by atoms with E-state index in [9.17, 15) is 4.79 Å². The average Bonchev–Trinajstić information content (AvgIpc) is 2.91. The van der Waals surface area contributed by atoms with E-state index in [1.807, 2.05) is 18.2 Å². The summed E-state index contributed by atoms with van der Waals surface area (Å²) in [5.74, 6) is 0.788. The van der Waals surface area contributed by atoms with Gasteiger partial charge >= 0.3 is 5.91 Å². The summed E-state index contributed by atoms with van der Waals surface area (Å²) < 4.78 is 6.61. The molecule has 1 aromatic carbocycles. The molecule has 0 aliphatic carbocycles. The zero-order valence-electron chi connectivity index (χ0n) is 11.6. The van der Waals surface area contributed by atoms with E-state index < -0.39 is 0 Å². The predicted molar refractivity (Wildman–Crippen MR) is 83.4 cm³/mol. The van der Waals surface area contributed by atoms with Crippen LogP contribution in [0.4, 0.5) is 0 Å². The van der Waals surface area contributed by atoms with Gasteiger partial charge in [-0.15, -0.1) is 0 Å². The Labute approximate surface area is 130 Å². The van der Waals surface area contributed by atoms with Crippen LogP contribution in [0.5, 0.6) is 0 Å². The van der Waals surface area contributed by atoms with Crippen LogP contribution in [0.2, 0.25) is 0 Å². The molecule has 5 heteroatoms. The second kappa shape index (κ2) is 5.07. The first kappa shape index (κ1) is 13.2. The predicted octanol–water partition coefficient (Wildman–Crippen LogP) is 1.58. The molecule has 3 fully saturated rings. The van der Waals surface area contributed by atoms with Crippen LogP contribution < -0.4 is 4.99 Å². The molecule has 3 aliphatic rings. The van der Waals surface area contributed by atoms with E-state index in [-0.39, 0.29) is 5.91 Å². The van der Waals surface area contributed by atoms with E-state index in [2.05, 4.69) is 25.8 Å². The number of hydrogen-bond donors (Lipinski definition) is 1. The third-order valence-corrected chi connectivity index (χ3v) is 4.95. The lowest BCUT2D eigenvalue weighted by Gasteiger charge is -2.36. The van der Waals surface area contributed by atoms with Crippen molar-refractivity contribution in [2.24, 2.45) is 5.92 Å². The molecule has 0 saturated carbocycles. The Hall–Kier alpha value is -1.46. The van der Waals surface area contributed by atoms with E-state index >= 15 is 0 Å². The van der Waals surface area contributed by atoms with Gasteiger partial charge in [0, 0.05) is 21.8 Å². The molecule has 4 heterocycles. The van der Waals surface area contributed by atoms with Crippen LogP contribution in [0.25, 0.3) is 11.0 Å². The normalized spacial score (nSPS) is 26.6. The zero-order valence-corrected chi connectivity index (χ0v) is 13.1. The summed E-state index contributed by atoms with van der Waals surface area (Å²) in [4.78, 5) is 17.9. The summed E-state index contributed by atoms with van der Waals surface area (Å²) in [5, 5.41) is 0.947. The topological polar surface area (TPSA) is 47.4 Å². The minimum atomic E-state index is -0.133. The fourth-order valence-corrected chi connectivity index (χ4v) is 3.62. The van der Waals surface area contributed by atoms with Crippen molar-refractivity contribution in [1.29, 1.82) is 0 Å². The lowest BCUT2D eigenvalue weighted by molar-refractivity contribution is -0.353. The molecule has 1 aromatic heterocycles. The Bertz CT molecular complexity index is 742. The Kier molecular flexibility index (Phi) is 3.19. The van der Waals surface area contributed by atoms with Gasteiger partial charge in [-0.05, 0) is 44.1 Å². The number of rotatable bonds is 1. The van der Waals surface area contributed by atoms with Crippen molar-refractivity contribution in [3.63, 3.8) is 0 Å². The number of carbonyl (C=O) groups is 1. The van der Waals surface area contributed by atoms with E-state index in [1.165, 1.54) is 0 Å². The molecule has 0 spiro atoms. The van der Waals surface area contributed by atoms with Crippen molar-refractivity contribution in [2.45, 2.75) is 12.8 Å². The van der Waals surface area contributed by atoms with Gasteiger partial charge in [-0.25, -0.2) is 4.79 Å². The smallest absolute Gasteiger partial charge is 0.446 e. The maximum absolute atomic E-state index is 12.4. The Morgan fingerprint density at radius 3 is 2.81 bits per heavy atom. The average molecular weight is 348 g/mol. The highest BCUT2D eigenvalue weighted by Gasteiger charge is 2.35. The van der Waals surface area contributed by atoms with Gasteiger partial charge in [-0.2, -0.15) is 4.99 Å². The van der Waals surface area contributed by atoms with E-state index in [1.54, 1.807) is 6.07 Å². The van der Waals surface area contributed by atoms with Gasteiger partial charge in [0.1, 0.15) is 5.58 Å². The van der Waals surface area contributed by atoms with Crippen LogP contribution in [-0.4, -0.2) is 36.2 Å². The number of furan rings is 1. The van der Waals surface area contributed by atoms with Crippen LogP contribution in [0, 0.1) is 5.92 Å². The first-order chi connectivity index (χ1) is 10.2. The van der Waals surface area contributed by atoms with Gasteiger partial charge in [0.2, 0.25) is 5.76 Å². The summed E-state index contributed by atoms with van der Waals surface area (Å²) in [5.41, 5.74) is 1.88. The molecule has 0 unspecified atom stereocenters. The molecule has 2 aromatic rings. The molecular weight excluding hydrogens is 332 g/mol. The summed E-state index contributed by atoms with van der Waals surface area (Å²) >= 11 is 3.41. The van der Waals surface area contributed by atoms with Crippen molar-refractivity contribution >= 4 is 38.5 Å². The van der Waals surface area contributed by atoms with Gasteiger partial charge in [0.05, 0.1) is 6.54 Å². The Morgan fingerprint density at radius 2 is 2.10 bits per heavy atom. The van der Waals surface area contributed by atoms with Crippen LogP contribution >= 0.6 is 15.9 Å². The fourth-order valence-electron chi connectivity index (χ4n) is 3.28. The Morgan fingerprint density at radius 1 is 1.29 bits per heavy atom. The van der Waals surface area contributed by atoms with E-state index in [0.717, 1.165) is 53.6 Å². The number of carbonyl (C=O) groups excluding carboxylic acids is 1. The van der Waals surface area contributed by atoms with Gasteiger partial charge in [-0.1, -0.05) is 15.9 Å². The molecule has 0 radical (unpaired) electrons. The monoisotopic (exact) mass is 347 g/mol. The molecule has 21 heavy (non-hydrogen) atoms. The second-order valence-corrected chi connectivity index (χ2v) is 6.74. The number of halogens is 1. The lowest BCUT2D eigenvalue weighted by atomic mass is 9.86. The number of piperidine rings is 3. The molecule has 1 N–H and O–H groups in total. The van der Waals surface area contributed by atoms with Crippen molar-refractivity contribution in [3.8, 4) is 0 Å². The first-order valence-corrected chi connectivity index (χ1v) is 8.07. The highest BCUT2D eigenvalue weighted by molar-refractivity contribution is 9.10. The number of amides is 1. The van der Waals surface area contributed by atoms with Crippen molar-refractivity contribution in [1.82, 2.24) is 4.90 Å². The van der Waals surface area contributed by atoms with Crippen molar-refractivity contribution < 1.29 is 14.2 Å². The first-order valence-electron chi connectivity index (χ1n) is 7.27. The van der Waals surface area contributed by atoms with Gasteiger partial charge in [0.15, 0.2) is 5.71 Å². The van der Waals surface area contributed by atoms with E-state index in [4.69, 9.17) is 4.42 Å². The summed E-state index contributed by atoms with van der Waals surface area (Å²) in [6.07, 6.45) is 2.31. The van der Waals surface area contributed by atoms with Crippen molar-refractivity contribution in [2.75, 3.05) is 19.6 Å². The molecule has 5 rings (SSSR count). The maximum atomic E-state index is 12.4. The molecule has 3 saturated heterocycles. The minimum absolute atomic E-state index is 0.133. The molecule has 108 valence electrons. The Balaban J connectivity index is 1.64. The minimum Gasteiger partial charge on any atom is -0.446 e. The number of nitrogens with one attached hydrogen (secondary N) is 1. The van der Waals surface area contributed by atoms with Crippen LogP contribution in [0.1, 0.15) is 23.4 Å². The lowest BCUT2D eigenvalue weighted by Crippen LogP contribution is -2.81. The largest absolute Gasteiger partial charge is 0.453 e. The van der Waals surface area contributed by atoms with Gasteiger partial charge < -0.3 is 4.42 Å². The van der Waals surface area contributed by atoms with Crippen LogP contribution in [0.3, 0.4) is 0 Å². The van der Waals surface area contributed by atoms with Crippen LogP contribution in [0.15, 0.2) is 33.2 Å². The number of nitrogens with zero attached hydrogens (tertiary/aromatic N) is 1. The molecule has 0 atom stereocenters. The molecule has 2 bridgehead atoms. The quantitative estimate of drug-likeness (QED) is 0.851. The second-order valence-electron chi connectivity index (χ2n) is 5.82. The molecule has 3 aliphatic heterocycles. The molecular formula is C16H16BrN2O2+. The summed E-state index contributed by atoms with van der Waals surface area (Å²) in [6.45, 7) is 3.20. The van der Waals surface area contributed by atoms with Crippen molar-refractivity contribution in [3.05, 3.63) is 34.5 Å². The number of benzene rings is 1. The van der Waals surface area contributed by atoms with Crippen LogP contribution in [-0.2, 0) is 0 Å². The number of hydrogen-bond acceptors (Lipinski definition) is 3. The standard InChI is InChI=1S/C16H15BrN2O2/c17-12-2-1-11-7-15(21-14(11)8-12)16(20)18-13-9-19-5-3-10(13)4-6-19/h1-2,7-8,10H,3-6,9H2/p+1. The van der Waals surface area contributed by atoms with Gasteiger partial charge in [0.25, 0.3) is 0 Å². The molecule has 4 nitrogen and oxygen atoms in total. The summed E-state index contributed by atoms with van der Waals surface area (Å²) in [7, 11) is 0. The van der Waals surface area contributed by atoms with E-state index in [0.29, 0.717) is 11.7 Å².